The van der Waals surface area contributed by atoms with Crippen LogP contribution in [-0.4, -0.2) is 79.6 Å². The highest BCUT2D eigenvalue weighted by atomic mass is 32.1. The highest BCUT2D eigenvalue weighted by Crippen LogP contribution is 2.24. The molecule has 0 saturated carbocycles. The van der Waals surface area contributed by atoms with Crippen molar-refractivity contribution in [3.8, 4) is 0 Å². The van der Waals surface area contributed by atoms with Crippen molar-refractivity contribution in [3.63, 3.8) is 0 Å². The fourth-order valence-electron chi connectivity index (χ4n) is 3.68. The van der Waals surface area contributed by atoms with Crippen LogP contribution in [-0.2, 0) is 19.1 Å². The number of rotatable bonds is 12. The molecule has 0 bridgehead atoms. The number of carbonyl (C=O) groups excluding carboxylic acids is 3. The number of hydrogen-bond donors (Lipinski definition) is 1. The minimum Gasteiger partial charge on any atom is -0.466 e. The Hall–Kier alpha value is -1.97. The highest BCUT2D eigenvalue weighted by Gasteiger charge is 2.26. The van der Waals surface area contributed by atoms with Gasteiger partial charge in [-0.25, -0.2) is 4.79 Å². The quantitative estimate of drug-likeness (QED) is 0.501. The monoisotopic (exact) mass is 439 g/mol. The standard InChI is InChI=1S/C21H33N3O5S/c1-4-24-11-7-8-16(24)14-23(12-9-19(26)28-5-2)15-18(25)22-20-17(10-13-30-20)21(27)29-6-3/h10,13,16H,4-9,11-12,14-15H2,1-3H3,(H,22,25)/t16-/m0/s1. The molecule has 1 N–H and O–H groups in total. The highest BCUT2D eigenvalue weighted by molar-refractivity contribution is 7.14. The maximum absolute atomic E-state index is 12.7. The lowest BCUT2D eigenvalue weighted by Gasteiger charge is -2.29. The zero-order valence-electron chi connectivity index (χ0n) is 18.1. The Morgan fingerprint density at radius 1 is 1.23 bits per heavy atom. The summed E-state index contributed by atoms with van der Waals surface area (Å²) in [5.74, 6) is -0.921. The number of nitrogens with one attached hydrogen (secondary N) is 1. The summed E-state index contributed by atoms with van der Waals surface area (Å²) in [5.41, 5.74) is 0.362. The molecule has 1 aromatic rings. The normalized spacial score (nSPS) is 16.6. The van der Waals surface area contributed by atoms with Crippen molar-refractivity contribution in [2.75, 3.05) is 51.3 Å². The second-order valence-electron chi connectivity index (χ2n) is 7.15. The number of amides is 1. The maximum atomic E-state index is 12.7. The molecule has 9 heteroatoms. The van der Waals surface area contributed by atoms with Crippen molar-refractivity contribution in [2.24, 2.45) is 0 Å². The summed E-state index contributed by atoms with van der Waals surface area (Å²) in [7, 11) is 0. The van der Waals surface area contributed by atoms with Crippen molar-refractivity contribution in [1.82, 2.24) is 9.80 Å². The molecule has 1 aliphatic rings. The van der Waals surface area contributed by atoms with Crippen molar-refractivity contribution >= 4 is 34.2 Å². The number of nitrogens with zero attached hydrogens (tertiary/aromatic N) is 2. The molecule has 30 heavy (non-hydrogen) atoms. The van der Waals surface area contributed by atoms with Gasteiger partial charge in [0.1, 0.15) is 5.00 Å². The molecular weight excluding hydrogens is 406 g/mol. The topological polar surface area (TPSA) is 88.2 Å². The van der Waals surface area contributed by atoms with E-state index in [1.165, 1.54) is 11.3 Å². The molecule has 8 nitrogen and oxygen atoms in total. The Kier molecular flexibility index (Phi) is 10.3. The van der Waals surface area contributed by atoms with Gasteiger partial charge in [-0.2, -0.15) is 0 Å². The molecule has 1 saturated heterocycles. The minimum atomic E-state index is -0.447. The molecule has 1 atom stereocenters. The van der Waals surface area contributed by atoms with E-state index in [0.717, 1.165) is 32.5 Å². The van der Waals surface area contributed by atoms with Crippen molar-refractivity contribution in [3.05, 3.63) is 17.0 Å². The van der Waals surface area contributed by atoms with Crippen molar-refractivity contribution < 1.29 is 23.9 Å². The molecule has 1 aromatic heterocycles. The number of likely N-dealkylation sites (N-methyl/N-ethyl adjacent to an activating group) is 1. The summed E-state index contributed by atoms with van der Waals surface area (Å²) in [5, 5.41) is 5.06. The largest absolute Gasteiger partial charge is 0.466 e. The first-order chi connectivity index (χ1) is 14.5. The number of carbonyl (C=O) groups is 3. The summed E-state index contributed by atoms with van der Waals surface area (Å²) in [6, 6.07) is 2.02. The van der Waals surface area contributed by atoms with E-state index in [-0.39, 0.29) is 31.4 Å². The number of hydrogen-bond acceptors (Lipinski definition) is 8. The average molecular weight is 440 g/mol. The maximum Gasteiger partial charge on any atom is 0.341 e. The summed E-state index contributed by atoms with van der Waals surface area (Å²) >= 11 is 1.29. The molecule has 2 heterocycles. The van der Waals surface area contributed by atoms with Gasteiger partial charge < -0.3 is 14.8 Å². The van der Waals surface area contributed by atoms with E-state index in [0.29, 0.717) is 29.8 Å². The first-order valence-corrected chi connectivity index (χ1v) is 11.5. The van der Waals surface area contributed by atoms with Gasteiger partial charge in [0.2, 0.25) is 5.91 Å². The third-order valence-electron chi connectivity index (χ3n) is 5.09. The lowest BCUT2D eigenvalue weighted by atomic mass is 10.2. The molecule has 1 aliphatic heterocycles. The van der Waals surface area contributed by atoms with Crippen LogP contribution in [0.25, 0.3) is 0 Å². The van der Waals surface area contributed by atoms with Crippen molar-refractivity contribution in [1.29, 1.82) is 0 Å². The van der Waals surface area contributed by atoms with Gasteiger partial charge in [-0.15, -0.1) is 11.3 Å². The lowest BCUT2D eigenvalue weighted by molar-refractivity contribution is -0.143. The van der Waals surface area contributed by atoms with E-state index < -0.39 is 5.97 Å². The fraction of sp³-hybridized carbons (Fsp3) is 0.667. The molecule has 2 rings (SSSR count). The third-order valence-corrected chi connectivity index (χ3v) is 5.92. The molecule has 0 spiro atoms. The Morgan fingerprint density at radius 3 is 2.70 bits per heavy atom. The van der Waals surface area contributed by atoms with Gasteiger partial charge in [0.15, 0.2) is 0 Å². The van der Waals surface area contributed by atoms with Crippen LogP contribution in [0.1, 0.15) is 50.4 Å². The zero-order valence-corrected chi connectivity index (χ0v) is 19.0. The Morgan fingerprint density at radius 2 is 2.00 bits per heavy atom. The number of likely N-dealkylation sites (tertiary alicyclic amines) is 1. The summed E-state index contributed by atoms with van der Waals surface area (Å²) in [6.07, 6.45) is 2.48. The van der Waals surface area contributed by atoms with Gasteiger partial charge in [0.25, 0.3) is 0 Å². The van der Waals surface area contributed by atoms with Gasteiger partial charge >= 0.3 is 11.9 Å². The molecule has 1 fully saturated rings. The first-order valence-electron chi connectivity index (χ1n) is 10.6. The second kappa shape index (κ2) is 12.7. The number of anilines is 1. The average Bonchev–Trinajstić information content (AvgIpc) is 3.35. The molecule has 0 radical (unpaired) electrons. The summed E-state index contributed by atoms with van der Waals surface area (Å²) in [6.45, 7) is 9.65. The molecule has 0 aromatic carbocycles. The van der Waals surface area contributed by atoms with E-state index in [1.54, 1.807) is 25.3 Å². The lowest BCUT2D eigenvalue weighted by Crippen LogP contribution is -2.44. The van der Waals surface area contributed by atoms with Crippen LogP contribution in [0.5, 0.6) is 0 Å². The number of esters is 2. The Labute approximate surface area is 182 Å². The number of thiophene rings is 1. The van der Waals surface area contributed by atoms with Crippen LogP contribution < -0.4 is 5.32 Å². The summed E-state index contributed by atoms with van der Waals surface area (Å²) < 4.78 is 10.1. The minimum absolute atomic E-state index is 0.146. The molecule has 0 unspecified atom stereocenters. The fourth-order valence-corrected chi connectivity index (χ4v) is 4.47. The van der Waals surface area contributed by atoms with Gasteiger partial charge in [0, 0.05) is 19.1 Å². The molecule has 1 amide bonds. The van der Waals surface area contributed by atoms with E-state index in [9.17, 15) is 14.4 Å². The van der Waals surface area contributed by atoms with Crippen molar-refractivity contribution in [2.45, 2.75) is 46.1 Å². The smallest absolute Gasteiger partial charge is 0.341 e. The first kappa shape index (κ1) is 24.3. The van der Waals surface area contributed by atoms with Gasteiger partial charge in [-0.1, -0.05) is 6.92 Å². The Balaban J connectivity index is 1.99. The van der Waals surface area contributed by atoms with Gasteiger partial charge in [-0.05, 0) is 51.2 Å². The zero-order chi connectivity index (χ0) is 21.9. The molecule has 0 aliphatic carbocycles. The predicted octanol–water partition coefficient (Wildman–Crippen LogP) is 2.60. The predicted molar refractivity (Wildman–Crippen MR) is 117 cm³/mol. The van der Waals surface area contributed by atoms with Crippen LogP contribution in [0.2, 0.25) is 0 Å². The van der Waals surface area contributed by atoms with Crippen LogP contribution in [0, 0.1) is 0 Å². The van der Waals surface area contributed by atoms with E-state index in [1.807, 2.05) is 4.90 Å². The van der Waals surface area contributed by atoms with Crippen LogP contribution >= 0.6 is 11.3 Å². The van der Waals surface area contributed by atoms with Gasteiger partial charge in [0.05, 0.1) is 31.7 Å². The summed E-state index contributed by atoms with van der Waals surface area (Å²) in [4.78, 5) is 41.0. The number of ether oxygens (including phenoxy) is 2. The van der Waals surface area contributed by atoms with E-state index in [2.05, 4.69) is 17.1 Å². The van der Waals surface area contributed by atoms with E-state index in [4.69, 9.17) is 9.47 Å². The van der Waals surface area contributed by atoms with Crippen LogP contribution in [0.3, 0.4) is 0 Å². The van der Waals surface area contributed by atoms with Crippen LogP contribution in [0.15, 0.2) is 11.4 Å². The molecule has 168 valence electrons. The second-order valence-corrected chi connectivity index (χ2v) is 8.06. The third kappa shape index (κ3) is 7.37. The van der Waals surface area contributed by atoms with Gasteiger partial charge in [-0.3, -0.25) is 19.4 Å². The van der Waals surface area contributed by atoms with E-state index >= 15 is 0 Å². The molecular formula is C21H33N3O5S. The Bertz CT molecular complexity index is 709. The van der Waals surface area contributed by atoms with Crippen LogP contribution in [0.4, 0.5) is 5.00 Å². The SMILES string of the molecule is CCOC(=O)CCN(CC(=O)Nc1sccc1C(=O)OCC)C[C@@H]1CCCN1CC.